The van der Waals surface area contributed by atoms with E-state index in [1.807, 2.05) is 13.8 Å². The number of thioether (sulfide) groups is 1. The van der Waals surface area contributed by atoms with Gasteiger partial charge in [0.15, 0.2) is 0 Å². The molecule has 2 aliphatic heterocycles. The Kier molecular flexibility index (Phi) is 6.61. The van der Waals surface area contributed by atoms with Crippen LogP contribution >= 0.6 is 62.2 Å². The minimum absolute atomic E-state index is 0.246. The van der Waals surface area contributed by atoms with E-state index in [0.717, 1.165) is 15.8 Å². The molecule has 2 unspecified atom stereocenters. The van der Waals surface area contributed by atoms with Crippen molar-refractivity contribution in [2.24, 2.45) is 5.92 Å². The number of nitrogens with zero attached hydrogens (tertiary/aromatic N) is 2. The van der Waals surface area contributed by atoms with Crippen LogP contribution in [-0.2, 0) is 26.3 Å². The zero-order chi connectivity index (χ0) is 25.9. The lowest BCUT2D eigenvalue weighted by atomic mass is 9.76. The van der Waals surface area contributed by atoms with Crippen molar-refractivity contribution in [1.29, 1.82) is 0 Å². The predicted molar refractivity (Wildman–Crippen MR) is 146 cm³/mol. The third-order valence-electron chi connectivity index (χ3n) is 6.29. The number of imide groups is 1. The van der Waals surface area contributed by atoms with Crippen LogP contribution in [0.5, 0.6) is 0 Å². The van der Waals surface area contributed by atoms with E-state index in [2.05, 4.69) is 21.2 Å². The molecule has 3 heterocycles. The molecule has 2 atom stereocenters. The molecule has 0 saturated carbocycles. The Hall–Kier alpha value is -2.11. The first-order valence-corrected chi connectivity index (χ1v) is 14.0. The van der Waals surface area contributed by atoms with Gasteiger partial charge in [-0.15, -0.1) is 0 Å². The van der Waals surface area contributed by atoms with Gasteiger partial charge in [0.25, 0.3) is 0 Å². The highest BCUT2D eigenvalue weighted by molar-refractivity contribution is 9.10. The van der Waals surface area contributed by atoms with Crippen molar-refractivity contribution in [3.63, 3.8) is 0 Å². The summed E-state index contributed by atoms with van der Waals surface area (Å²) in [4.78, 5) is 54.3. The van der Waals surface area contributed by atoms with Crippen molar-refractivity contribution >= 4 is 91.3 Å². The molecule has 0 aliphatic carbocycles. The normalized spacial score (nSPS) is 20.3. The monoisotopic (exact) mass is 625 g/mol. The molecular formula is C24H18BrCl2N3O4S2. The molecule has 1 saturated heterocycles. The van der Waals surface area contributed by atoms with Crippen LogP contribution < -0.4 is 15.1 Å². The molecule has 186 valence electrons. The molecule has 1 N–H and O–H groups in total. The molecule has 7 nitrogen and oxygen atoms in total. The topological polar surface area (TPSA) is 88.5 Å². The quantitative estimate of drug-likeness (QED) is 0.383. The molecule has 0 radical (unpaired) electrons. The van der Waals surface area contributed by atoms with E-state index < -0.39 is 22.5 Å². The highest BCUT2D eigenvalue weighted by atomic mass is 79.9. The van der Waals surface area contributed by atoms with Crippen molar-refractivity contribution in [3.8, 4) is 0 Å². The Morgan fingerprint density at radius 1 is 1.06 bits per heavy atom. The number of carbonyl (C=O) groups is 3. The fraction of sp³-hybridized carbons (Fsp3) is 0.250. The van der Waals surface area contributed by atoms with Crippen LogP contribution in [0, 0.1) is 5.92 Å². The number of benzene rings is 2. The van der Waals surface area contributed by atoms with E-state index in [4.69, 9.17) is 23.2 Å². The maximum atomic E-state index is 13.5. The van der Waals surface area contributed by atoms with E-state index in [1.54, 1.807) is 36.4 Å². The molecule has 12 heteroatoms. The molecular weight excluding hydrogens is 609 g/mol. The minimum Gasteiger partial charge on any atom is -0.324 e. The Morgan fingerprint density at radius 3 is 2.42 bits per heavy atom. The first kappa shape index (κ1) is 25.5. The number of anilines is 2. The largest absolute Gasteiger partial charge is 0.324 e. The SMILES string of the molecule is CC1(C)c2sc(=O)n(CC(=O)Nc3ccc(Cl)c(Cl)c3)c2SC2C(=O)N(c3ccc(Br)cc3)C(=O)C21. The number of amides is 3. The van der Waals surface area contributed by atoms with E-state index in [-0.39, 0.29) is 23.2 Å². The summed E-state index contributed by atoms with van der Waals surface area (Å²) in [6.45, 7) is 3.50. The first-order valence-electron chi connectivity index (χ1n) is 10.8. The number of fused-ring (bicyclic) bond motifs is 2. The average Bonchev–Trinajstić information content (AvgIpc) is 3.26. The van der Waals surface area contributed by atoms with Gasteiger partial charge in [0, 0.05) is 20.5 Å². The average molecular weight is 627 g/mol. The molecule has 0 spiro atoms. The Labute approximate surface area is 232 Å². The Balaban J connectivity index is 1.46. The molecule has 2 aromatic carbocycles. The highest BCUT2D eigenvalue weighted by Gasteiger charge is 2.59. The van der Waals surface area contributed by atoms with Gasteiger partial charge in [-0.05, 0) is 42.5 Å². The van der Waals surface area contributed by atoms with Gasteiger partial charge in [0.1, 0.15) is 11.8 Å². The summed E-state index contributed by atoms with van der Waals surface area (Å²) in [5, 5.41) is 3.21. The smallest absolute Gasteiger partial charge is 0.308 e. The van der Waals surface area contributed by atoms with Gasteiger partial charge in [-0.3, -0.25) is 23.7 Å². The van der Waals surface area contributed by atoms with Crippen LogP contribution in [0.3, 0.4) is 0 Å². The van der Waals surface area contributed by atoms with Crippen LogP contribution in [0.1, 0.15) is 18.7 Å². The van der Waals surface area contributed by atoms with E-state index >= 15 is 0 Å². The van der Waals surface area contributed by atoms with Gasteiger partial charge in [0.2, 0.25) is 17.7 Å². The molecule has 5 rings (SSSR count). The zero-order valence-corrected chi connectivity index (χ0v) is 23.6. The molecule has 2 aliphatic rings. The second-order valence-electron chi connectivity index (χ2n) is 8.99. The summed E-state index contributed by atoms with van der Waals surface area (Å²) in [5.74, 6) is -1.69. The lowest BCUT2D eigenvalue weighted by molar-refractivity contribution is -0.123. The first-order chi connectivity index (χ1) is 17.0. The number of halogens is 3. The molecule has 1 fully saturated rings. The van der Waals surface area contributed by atoms with Crippen molar-refractivity contribution in [3.05, 3.63) is 71.5 Å². The zero-order valence-electron chi connectivity index (χ0n) is 18.9. The number of carbonyl (C=O) groups excluding carboxylic acids is 3. The second-order valence-corrected chi connectivity index (χ2v) is 12.8. The molecule has 3 amide bonds. The van der Waals surface area contributed by atoms with Crippen molar-refractivity contribution < 1.29 is 14.4 Å². The summed E-state index contributed by atoms with van der Waals surface area (Å²) < 4.78 is 2.21. The summed E-state index contributed by atoms with van der Waals surface area (Å²) in [5.41, 5.74) is 0.166. The Bertz CT molecular complexity index is 1490. The van der Waals surface area contributed by atoms with Gasteiger partial charge in [-0.25, -0.2) is 4.90 Å². The number of hydrogen-bond acceptors (Lipinski definition) is 6. The third-order valence-corrected chi connectivity index (χ3v) is 10.4. The van der Waals surface area contributed by atoms with Gasteiger partial charge in [0.05, 0.1) is 26.7 Å². The number of aromatic nitrogens is 1. The predicted octanol–water partition coefficient (Wildman–Crippen LogP) is 5.56. The van der Waals surface area contributed by atoms with Gasteiger partial charge in [-0.1, -0.05) is 76.1 Å². The van der Waals surface area contributed by atoms with Crippen LogP contribution in [0.4, 0.5) is 11.4 Å². The standard InChI is InChI=1S/C24H18BrCl2N3O4S2/c1-24(2)17-18(21(33)30(20(17)32)13-6-3-11(25)4-7-13)35-22-19(24)36-23(34)29(22)10-16(31)28-12-5-8-14(26)15(27)9-12/h3-9,17-18H,10H2,1-2H3,(H,28,31). The van der Waals surface area contributed by atoms with E-state index in [1.165, 1.54) is 27.3 Å². The van der Waals surface area contributed by atoms with E-state index in [0.29, 0.717) is 31.3 Å². The van der Waals surface area contributed by atoms with Gasteiger partial charge >= 0.3 is 4.87 Å². The second kappa shape index (κ2) is 9.33. The van der Waals surface area contributed by atoms with Crippen molar-refractivity contribution in [1.82, 2.24) is 4.57 Å². The van der Waals surface area contributed by atoms with Gasteiger partial charge < -0.3 is 5.32 Å². The summed E-state index contributed by atoms with van der Waals surface area (Å²) >= 11 is 17.5. The van der Waals surface area contributed by atoms with E-state index in [9.17, 15) is 19.2 Å². The summed E-state index contributed by atoms with van der Waals surface area (Å²) in [6, 6.07) is 11.7. The maximum Gasteiger partial charge on any atom is 0.308 e. The number of thiazole rings is 1. The Morgan fingerprint density at radius 2 is 1.75 bits per heavy atom. The van der Waals surface area contributed by atoms with Crippen LogP contribution in [0.25, 0.3) is 0 Å². The molecule has 36 heavy (non-hydrogen) atoms. The lowest BCUT2D eigenvalue weighted by Gasteiger charge is -2.36. The van der Waals surface area contributed by atoms with Crippen molar-refractivity contribution in [2.45, 2.75) is 36.1 Å². The number of nitrogens with one attached hydrogen (secondary N) is 1. The minimum atomic E-state index is -0.780. The third kappa shape index (κ3) is 4.22. The number of hydrogen-bond donors (Lipinski definition) is 1. The molecule has 1 aromatic heterocycles. The fourth-order valence-corrected chi connectivity index (χ4v) is 8.13. The van der Waals surface area contributed by atoms with Crippen LogP contribution in [-0.4, -0.2) is 27.5 Å². The van der Waals surface area contributed by atoms with Gasteiger partial charge in [-0.2, -0.15) is 0 Å². The van der Waals surface area contributed by atoms with Crippen LogP contribution in [0.15, 0.2) is 56.8 Å². The lowest BCUT2D eigenvalue weighted by Crippen LogP contribution is -2.41. The molecule has 0 bridgehead atoms. The number of rotatable bonds is 4. The fourth-order valence-electron chi connectivity index (χ4n) is 4.53. The molecule has 3 aromatic rings. The highest BCUT2D eigenvalue weighted by Crippen LogP contribution is 2.54. The van der Waals surface area contributed by atoms with Crippen molar-refractivity contribution in [2.75, 3.05) is 10.2 Å². The van der Waals surface area contributed by atoms with Crippen LogP contribution in [0.2, 0.25) is 10.0 Å². The maximum absolute atomic E-state index is 13.5. The summed E-state index contributed by atoms with van der Waals surface area (Å²) in [6.07, 6.45) is 0. The summed E-state index contributed by atoms with van der Waals surface area (Å²) in [7, 11) is 0.